The van der Waals surface area contributed by atoms with E-state index in [1.54, 1.807) is 0 Å². The summed E-state index contributed by atoms with van der Waals surface area (Å²) < 4.78 is 12.5. The lowest BCUT2D eigenvalue weighted by molar-refractivity contribution is 0.291. The Morgan fingerprint density at radius 3 is 2.40 bits per heavy atom. The molecule has 1 aromatic carbocycles. The second kappa shape index (κ2) is 5.41. The lowest BCUT2D eigenvalue weighted by atomic mass is 10.2. The average Bonchev–Trinajstić information content (AvgIpc) is 2.25. The molecule has 1 aromatic rings. The molecule has 0 atom stereocenters. The predicted molar refractivity (Wildman–Crippen MR) is 72.3 cm³/mol. The molecule has 0 aliphatic carbocycles. The van der Waals surface area contributed by atoms with Crippen LogP contribution in [-0.2, 0) is 17.3 Å². The van der Waals surface area contributed by atoms with Crippen molar-refractivity contribution in [2.75, 3.05) is 24.6 Å². The minimum Gasteiger partial charge on any atom is -0.297 e. The maximum Gasteiger partial charge on any atom is 0.0363 e. The third kappa shape index (κ3) is 3.53. The van der Waals surface area contributed by atoms with Crippen LogP contribution in [0.25, 0.3) is 0 Å². The van der Waals surface area contributed by atoms with Gasteiger partial charge in [-0.3, -0.25) is 9.11 Å². The van der Waals surface area contributed by atoms with Gasteiger partial charge in [0.2, 0.25) is 0 Å². The molecular formula is C11H14INOS. The predicted octanol–water partition coefficient (Wildman–Crippen LogP) is 1.86. The Bertz CT molecular complexity index is 342. The minimum absolute atomic E-state index is 0.565. The molecule has 1 saturated heterocycles. The number of benzene rings is 1. The van der Waals surface area contributed by atoms with Gasteiger partial charge >= 0.3 is 0 Å². The van der Waals surface area contributed by atoms with Crippen LogP contribution in [0.5, 0.6) is 0 Å². The van der Waals surface area contributed by atoms with Crippen LogP contribution in [0, 0.1) is 3.57 Å². The van der Waals surface area contributed by atoms with Crippen molar-refractivity contribution < 1.29 is 4.21 Å². The third-order valence-electron chi connectivity index (χ3n) is 2.59. The van der Waals surface area contributed by atoms with Gasteiger partial charge in [0.25, 0.3) is 0 Å². The Morgan fingerprint density at radius 1 is 1.20 bits per heavy atom. The fourth-order valence-electron chi connectivity index (χ4n) is 1.68. The van der Waals surface area contributed by atoms with Gasteiger partial charge in [0.15, 0.2) is 0 Å². The van der Waals surface area contributed by atoms with Gasteiger partial charge in [-0.25, -0.2) is 0 Å². The van der Waals surface area contributed by atoms with E-state index in [-0.39, 0.29) is 0 Å². The van der Waals surface area contributed by atoms with Gasteiger partial charge in [0.05, 0.1) is 0 Å². The highest BCUT2D eigenvalue weighted by atomic mass is 127. The average molecular weight is 335 g/mol. The Hall–Kier alpha value is 0.0600. The van der Waals surface area contributed by atoms with E-state index < -0.39 is 10.8 Å². The van der Waals surface area contributed by atoms with E-state index in [9.17, 15) is 4.21 Å². The third-order valence-corrected chi connectivity index (χ3v) is 4.58. The van der Waals surface area contributed by atoms with Crippen LogP contribution >= 0.6 is 22.6 Å². The standard InChI is InChI=1S/C11H14INOS/c12-11-3-1-10(2-4-11)9-13-5-7-15(14)8-6-13/h1-4H,5-9H2. The van der Waals surface area contributed by atoms with Gasteiger partial charge in [-0.15, -0.1) is 0 Å². The van der Waals surface area contributed by atoms with E-state index >= 15 is 0 Å². The van der Waals surface area contributed by atoms with Crippen molar-refractivity contribution in [1.29, 1.82) is 0 Å². The number of hydrogen-bond donors (Lipinski definition) is 0. The lowest BCUT2D eigenvalue weighted by Crippen LogP contribution is -2.37. The molecule has 82 valence electrons. The monoisotopic (exact) mass is 335 g/mol. The van der Waals surface area contributed by atoms with Gasteiger partial charge in [0, 0.05) is 45.5 Å². The van der Waals surface area contributed by atoms with Crippen LogP contribution in [0.2, 0.25) is 0 Å². The van der Waals surface area contributed by atoms with Crippen molar-refractivity contribution in [3.8, 4) is 0 Å². The van der Waals surface area contributed by atoms with Gasteiger partial charge in [-0.05, 0) is 40.3 Å². The first-order valence-corrected chi connectivity index (χ1v) is 7.62. The van der Waals surface area contributed by atoms with Crippen LogP contribution in [0.3, 0.4) is 0 Å². The van der Waals surface area contributed by atoms with E-state index in [4.69, 9.17) is 0 Å². The molecule has 0 unspecified atom stereocenters. The zero-order valence-electron chi connectivity index (χ0n) is 8.49. The first-order valence-electron chi connectivity index (χ1n) is 5.06. The molecule has 0 amide bonds. The van der Waals surface area contributed by atoms with Gasteiger partial charge < -0.3 is 0 Å². The molecule has 4 heteroatoms. The topological polar surface area (TPSA) is 20.3 Å². The maximum atomic E-state index is 11.2. The Labute approximate surface area is 107 Å². The fraction of sp³-hybridized carbons (Fsp3) is 0.455. The molecule has 0 N–H and O–H groups in total. The fourth-order valence-corrected chi connectivity index (χ4v) is 3.17. The van der Waals surface area contributed by atoms with Crippen molar-refractivity contribution in [1.82, 2.24) is 4.90 Å². The van der Waals surface area contributed by atoms with E-state index in [2.05, 4.69) is 51.8 Å². The summed E-state index contributed by atoms with van der Waals surface area (Å²) in [5.74, 6) is 1.68. The van der Waals surface area contributed by atoms with Crippen molar-refractivity contribution in [3.63, 3.8) is 0 Å². The molecule has 0 radical (unpaired) electrons. The van der Waals surface area contributed by atoms with Crippen LogP contribution < -0.4 is 0 Å². The summed E-state index contributed by atoms with van der Waals surface area (Å²) in [6, 6.07) is 8.62. The zero-order valence-corrected chi connectivity index (χ0v) is 11.5. The van der Waals surface area contributed by atoms with Crippen LogP contribution in [0.4, 0.5) is 0 Å². The van der Waals surface area contributed by atoms with E-state index in [1.165, 1.54) is 9.13 Å². The Kier molecular flexibility index (Phi) is 4.16. The normalized spacial score (nSPS) is 19.3. The number of nitrogens with zero attached hydrogens (tertiary/aromatic N) is 1. The summed E-state index contributed by atoms with van der Waals surface area (Å²) >= 11 is 2.32. The molecule has 1 aliphatic rings. The number of halogens is 1. The van der Waals surface area contributed by atoms with E-state index in [0.717, 1.165) is 31.1 Å². The molecule has 0 spiro atoms. The zero-order chi connectivity index (χ0) is 10.7. The summed E-state index contributed by atoms with van der Waals surface area (Å²) in [6.07, 6.45) is 0. The molecule has 1 heterocycles. The lowest BCUT2D eigenvalue weighted by Gasteiger charge is -2.26. The quantitative estimate of drug-likeness (QED) is 0.769. The highest BCUT2D eigenvalue weighted by molar-refractivity contribution is 14.1. The molecule has 0 aromatic heterocycles. The summed E-state index contributed by atoms with van der Waals surface area (Å²) in [5.41, 5.74) is 1.35. The SMILES string of the molecule is O=S1CCN(Cc2ccc(I)cc2)CC1. The molecule has 0 saturated carbocycles. The first kappa shape index (κ1) is 11.5. The Morgan fingerprint density at radius 2 is 1.80 bits per heavy atom. The van der Waals surface area contributed by atoms with Gasteiger partial charge in [0.1, 0.15) is 0 Å². The van der Waals surface area contributed by atoms with Crippen LogP contribution in [-0.4, -0.2) is 33.7 Å². The van der Waals surface area contributed by atoms with Crippen molar-refractivity contribution in [2.45, 2.75) is 6.54 Å². The van der Waals surface area contributed by atoms with Crippen LogP contribution in [0.1, 0.15) is 5.56 Å². The highest BCUT2D eigenvalue weighted by Crippen LogP contribution is 2.10. The molecule has 1 aliphatic heterocycles. The summed E-state index contributed by atoms with van der Waals surface area (Å²) in [4.78, 5) is 2.38. The van der Waals surface area contributed by atoms with Crippen molar-refractivity contribution >= 4 is 33.4 Å². The van der Waals surface area contributed by atoms with Gasteiger partial charge in [-0.1, -0.05) is 12.1 Å². The first-order chi connectivity index (χ1) is 7.24. The molecule has 2 rings (SSSR count). The second-order valence-corrected chi connectivity index (χ2v) is 6.69. The largest absolute Gasteiger partial charge is 0.297 e. The summed E-state index contributed by atoms with van der Waals surface area (Å²) in [6.45, 7) is 2.94. The number of rotatable bonds is 2. The number of hydrogen-bond acceptors (Lipinski definition) is 2. The van der Waals surface area contributed by atoms with E-state index in [0.29, 0.717) is 0 Å². The van der Waals surface area contributed by atoms with Crippen molar-refractivity contribution in [2.24, 2.45) is 0 Å². The molecule has 2 nitrogen and oxygen atoms in total. The highest BCUT2D eigenvalue weighted by Gasteiger charge is 2.14. The molecule has 0 bridgehead atoms. The molecule has 15 heavy (non-hydrogen) atoms. The molecule has 1 fully saturated rings. The van der Waals surface area contributed by atoms with Gasteiger partial charge in [-0.2, -0.15) is 0 Å². The summed E-state index contributed by atoms with van der Waals surface area (Å²) in [5, 5.41) is 0. The van der Waals surface area contributed by atoms with Crippen LogP contribution in [0.15, 0.2) is 24.3 Å². The second-order valence-electron chi connectivity index (χ2n) is 3.75. The van der Waals surface area contributed by atoms with Crippen molar-refractivity contribution in [3.05, 3.63) is 33.4 Å². The van der Waals surface area contributed by atoms with E-state index in [1.807, 2.05) is 0 Å². The smallest absolute Gasteiger partial charge is 0.0363 e. The maximum absolute atomic E-state index is 11.2. The molecular weight excluding hydrogens is 321 g/mol. The Balaban J connectivity index is 1.91. The summed E-state index contributed by atoms with van der Waals surface area (Å²) in [7, 11) is -0.565. The minimum atomic E-state index is -0.565.